The second kappa shape index (κ2) is 5.32. The van der Waals surface area contributed by atoms with Crippen molar-refractivity contribution in [2.24, 2.45) is 5.92 Å². The quantitative estimate of drug-likeness (QED) is 0.798. The summed E-state index contributed by atoms with van der Waals surface area (Å²) in [6, 6.07) is -0.184. The summed E-state index contributed by atoms with van der Waals surface area (Å²) in [5, 5.41) is -0.155. The molecule has 0 aromatic carbocycles. The maximum atomic E-state index is 12.5. The van der Waals surface area contributed by atoms with Gasteiger partial charge in [0.2, 0.25) is 10.0 Å². The topological polar surface area (TPSA) is 64.4 Å². The molecule has 1 atom stereocenters. The summed E-state index contributed by atoms with van der Waals surface area (Å²) in [4.78, 5) is 4.47. The lowest BCUT2D eigenvalue weighted by Crippen LogP contribution is -2.43. The fourth-order valence-corrected chi connectivity index (χ4v) is 5.16. The highest BCUT2D eigenvalue weighted by Gasteiger charge is 2.44. The van der Waals surface area contributed by atoms with E-state index in [-0.39, 0.29) is 11.3 Å². The van der Waals surface area contributed by atoms with E-state index in [1.54, 1.807) is 4.31 Å². The van der Waals surface area contributed by atoms with Gasteiger partial charge >= 0.3 is 0 Å². The Kier molecular flexibility index (Phi) is 3.54. The van der Waals surface area contributed by atoms with Crippen molar-refractivity contribution < 1.29 is 13.2 Å². The summed E-state index contributed by atoms with van der Waals surface area (Å²) >= 11 is 0. The van der Waals surface area contributed by atoms with Gasteiger partial charge in [0.15, 0.2) is 0 Å². The highest BCUT2D eigenvalue weighted by molar-refractivity contribution is 7.90. The molecule has 4 rings (SSSR count). The van der Waals surface area contributed by atoms with Gasteiger partial charge in [-0.15, -0.1) is 0 Å². The van der Waals surface area contributed by atoms with Gasteiger partial charge in [0.25, 0.3) is 0 Å². The van der Waals surface area contributed by atoms with E-state index >= 15 is 0 Å². The van der Waals surface area contributed by atoms with Gasteiger partial charge in [-0.25, -0.2) is 13.4 Å². The number of fused-ring (bicyclic) bond motifs is 1. The molecular formula is C15H23N3O3S. The molecule has 22 heavy (non-hydrogen) atoms. The fraction of sp³-hybridized carbons (Fsp3) is 0.800. The van der Waals surface area contributed by atoms with E-state index in [4.69, 9.17) is 4.74 Å². The Bertz CT molecular complexity index is 662. The van der Waals surface area contributed by atoms with E-state index < -0.39 is 10.0 Å². The van der Waals surface area contributed by atoms with Crippen LogP contribution < -0.4 is 0 Å². The van der Waals surface area contributed by atoms with Crippen LogP contribution in [0.4, 0.5) is 0 Å². The standard InChI is InChI=1S/C15H23N3O3S/c1-11-15-16-8-13(10-21-9-12-2-3-12)17(15)6-7-18(11)22(19,20)14-4-5-14/h8,11-12,14H,2-7,9-10H2,1H3/t11-/m0/s1. The van der Waals surface area contributed by atoms with Crippen molar-refractivity contribution in [2.75, 3.05) is 13.2 Å². The third kappa shape index (κ3) is 2.59. The van der Waals surface area contributed by atoms with Crippen LogP contribution in [0.25, 0.3) is 0 Å². The zero-order chi connectivity index (χ0) is 15.3. The molecule has 1 aliphatic heterocycles. The largest absolute Gasteiger partial charge is 0.375 e. The van der Waals surface area contributed by atoms with Gasteiger partial charge < -0.3 is 9.30 Å². The van der Waals surface area contributed by atoms with Crippen LogP contribution >= 0.6 is 0 Å². The minimum absolute atomic E-state index is 0.155. The lowest BCUT2D eigenvalue weighted by molar-refractivity contribution is 0.105. The first-order valence-electron chi connectivity index (χ1n) is 8.20. The number of hydrogen-bond donors (Lipinski definition) is 0. The number of nitrogens with zero attached hydrogens (tertiary/aromatic N) is 3. The molecule has 0 saturated heterocycles. The fourth-order valence-electron chi connectivity index (χ4n) is 3.17. The molecule has 7 heteroatoms. The van der Waals surface area contributed by atoms with Gasteiger partial charge in [0, 0.05) is 19.7 Å². The van der Waals surface area contributed by atoms with Crippen molar-refractivity contribution in [3.8, 4) is 0 Å². The summed E-state index contributed by atoms with van der Waals surface area (Å²) in [6.45, 7) is 4.56. The van der Waals surface area contributed by atoms with E-state index in [9.17, 15) is 8.42 Å². The first-order chi connectivity index (χ1) is 10.6. The van der Waals surface area contributed by atoms with E-state index in [1.807, 2.05) is 13.1 Å². The van der Waals surface area contributed by atoms with Crippen LogP contribution in [0.1, 0.15) is 50.2 Å². The molecule has 0 radical (unpaired) electrons. The Hall–Kier alpha value is -0.920. The number of aromatic nitrogens is 2. The number of sulfonamides is 1. The Morgan fingerprint density at radius 3 is 2.73 bits per heavy atom. The zero-order valence-electron chi connectivity index (χ0n) is 12.9. The number of hydrogen-bond acceptors (Lipinski definition) is 4. The highest BCUT2D eigenvalue weighted by Crippen LogP contribution is 2.37. The molecule has 0 amide bonds. The predicted molar refractivity (Wildman–Crippen MR) is 81.7 cm³/mol. The first kappa shape index (κ1) is 14.7. The molecule has 0 spiro atoms. The molecule has 6 nitrogen and oxygen atoms in total. The Labute approximate surface area is 131 Å². The van der Waals surface area contributed by atoms with Crippen LogP contribution in [0, 0.1) is 5.92 Å². The third-order valence-electron chi connectivity index (χ3n) is 4.89. The van der Waals surface area contributed by atoms with Crippen molar-refractivity contribution in [1.29, 1.82) is 0 Å². The number of ether oxygens (including phenoxy) is 1. The molecule has 1 aromatic heterocycles. The second-order valence-corrected chi connectivity index (χ2v) is 8.91. The molecule has 3 aliphatic rings. The van der Waals surface area contributed by atoms with Crippen LogP contribution in [0.5, 0.6) is 0 Å². The van der Waals surface area contributed by atoms with Gasteiger partial charge in [-0.05, 0) is 38.5 Å². The summed E-state index contributed by atoms with van der Waals surface area (Å²) in [6.07, 6.45) is 6.03. The summed E-state index contributed by atoms with van der Waals surface area (Å²) < 4.78 is 34.5. The van der Waals surface area contributed by atoms with E-state index in [0.717, 1.165) is 36.9 Å². The summed E-state index contributed by atoms with van der Waals surface area (Å²) in [5.74, 6) is 1.60. The molecule has 0 N–H and O–H groups in total. The van der Waals surface area contributed by atoms with Crippen molar-refractivity contribution in [1.82, 2.24) is 13.9 Å². The van der Waals surface area contributed by atoms with Crippen molar-refractivity contribution in [2.45, 2.75) is 57.1 Å². The van der Waals surface area contributed by atoms with E-state index in [0.29, 0.717) is 19.7 Å². The van der Waals surface area contributed by atoms with Gasteiger partial charge in [-0.3, -0.25) is 0 Å². The smallest absolute Gasteiger partial charge is 0.217 e. The van der Waals surface area contributed by atoms with E-state index in [1.165, 1.54) is 12.8 Å². The highest BCUT2D eigenvalue weighted by atomic mass is 32.2. The van der Waals surface area contributed by atoms with Crippen LogP contribution in [0.15, 0.2) is 6.20 Å². The molecule has 2 aliphatic carbocycles. The maximum absolute atomic E-state index is 12.5. The van der Waals surface area contributed by atoms with Crippen molar-refractivity contribution in [3.05, 3.63) is 17.7 Å². The third-order valence-corrected chi connectivity index (χ3v) is 7.36. The lowest BCUT2D eigenvalue weighted by Gasteiger charge is -2.33. The monoisotopic (exact) mass is 325 g/mol. The molecule has 0 bridgehead atoms. The van der Waals surface area contributed by atoms with Gasteiger partial charge in [-0.2, -0.15) is 4.31 Å². The van der Waals surface area contributed by atoms with Crippen LogP contribution in [0.3, 0.4) is 0 Å². The van der Waals surface area contributed by atoms with Gasteiger partial charge in [-0.1, -0.05) is 0 Å². The second-order valence-electron chi connectivity index (χ2n) is 6.75. The normalized spacial score (nSPS) is 26.1. The molecule has 2 heterocycles. The van der Waals surface area contributed by atoms with Crippen LogP contribution in [-0.2, 0) is 27.9 Å². The Morgan fingerprint density at radius 1 is 1.27 bits per heavy atom. The van der Waals surface area contributed by atoms with Crippen molar-refractivity contribution >= 4 is 10.0 Å². The van der Waals surface area contributed by atoms with Gasteiger partial charge in [0.05, 0.1) is 29.8 Å². The first-order valence-corrected chi connectivity index (χ1v) is 9.70. The minimum atomic E-state index is -3.14. The summed E-state index contributed by atoms with van der Waals surface area (Å²) in [5.41, 5.74) is 1.06. The molecule has 122 valence electrons. The van der Waals surface area contributed by atoms with Crippen molar-refractivity contribution in [3.63, 3.8) is 0 Å². The lowest BCUT2D eigenvalue weighted by atomic mass is 10.2. The SMILES string of the molecule is C[C@H]1c2ncc(COCC3CC3)n2CCN1S(=O)(=O)C1CC1. The Morgan fingerprint density at radius 2 is 2.05 bits per heavy atom. The molecule has 1 aromatic rings. The molecule has 0 unspecified atom stereocenters. The van der Waals surface area contributed by atoms with Gasteiger partial charge in [0.1, 0.15) is 5.82 Å². The summed E-state index contributed by atoms with van der Waals surface area (Å²) in [7, 11) is -3.14. The van der Waals surface area contributed by atoms with E-state index in [2.05, 4.69) is 9.55 Å². The molecule has 2 fully saturated rings. The van der Waals surface area contributed by atoms with Crippen LogP contribution in [0.2, 0.25) is 0 Å². The van der Waals surface area contributed by atoms with Crippen LogP contribution in [-0.4, -0.2) is 40.7 Å². The Balaban J connectivity index is 1.49. The molecule has 2 saturated carbocycles. The maximum Gasteiger partial charge on any atom is 0.217 e. The molecular weight excluding hydrogens is 302 g/mol. The average Bonchev–Trinajstić information content (AvgIpc) is 3.38. The number of imidazole rings is 1. The number of rotatable bonds is 6. The minimum Gasteiger partial charge on any atom is -0.375 e. The average molecular weight is 325 g/mol. The predicted octanol–water partition coefficient (Wildman–Crippen LogP) is 1.68. The zero-order valence-corrected chi connectivity index (χ0v) is 13.8.